The third-order valence-electron chi connectivity index (χ3n) is 2.87. The number of benzene rings is 1. The number of nitrogens with two attached hydrogens (primary N) is 1. The standard InChI is InChI=1S/C14H20N4O/c1-3-8-18(10-14(19)17-2)12-4-5-13(16)11(9-12)6-7-15/h4-5,9H,3,6,8,10,16H2,1-2H3,(H,17,19). The van der Waals surface area contributed by atoms with Gasteiger partial charge in [-0.3, -0.25) is 4.79 Å². The number of nitrogen functional groups attached to an aromatic ring is 1. The fourth-order valence-electron chi connectivity index (χ4n) is 1.85. The zero-order valence-corrected chi connectivity index (χ0v) is 11.4. The Hall–Kier alpha value is -2.22. The van der Waals surface area contributed by atoms with Crippen molar-refractivity contribution >= 4 is 17.3 Å². The van der Waals surface area contributed by atoms with Gasteiger partial charge in [0.15, 0.2) is 0 Å². The monoisotopic (exact) mass is 260 g/mol. The highest BCUT2D eigenvalue weighted by molar-refractivity contribution is 5.81. The number of hydrogen-bond donors (Lipinski definition) is 2. The first kappa shape index (κ1) is 14.8. The highest BCUT2D eigenvalue weighted by Gasteiger charge is 2.11. The van der Waals surface area contributed by atoms with Gasteiger partial charge in [-0.05, 0) is 30.2 Å². The minimum atomic E-state index is -0.0351. The minimum absolute atomic E-state index is 0.0351. The Balaban J connectivity index is 2.98. The van der Waals surface area contributed by atoms with Crippen LogP contribution in [-0.4, -0.2) is 26.0 Å². The first-order chi connectivity index (χ1) is 9.12. The Morgan fingerprint density at radius 2 is 2.26 bits per heavy atom. The zero-order chi connectivity index (χ0) is 14.3. The zero-order valence-electron chi connectivity index (χ0n) is 11.4. The van der Waals surface area contributed by atoms with Gasteiger partial charge in [0.05, 0.1) is 19.0 Å². The van der Waals surface area contributed by atoms with E-state index in [-0.39, 0.29) is 12.3 Å². The maximum absolute atomic E-state index is 11.5. The van der Waals surface area contributed by atoms with Crippen LogP contribution in [0.1, 0.15) is 18.9 Å². The van der Waals surface area contributed by atoms with Crippen molar-refractivity contribution in [2.24, 2.45) is 0 Å². The van der Waals surface area contributed by atoms with E-state index in [4.69, 9.17) is 11.0 Å². The van der Waals surface area contributed by atoms with Crippen molar-refractivity contribution in [1.82, 2.24) is 5.32 Å². The van der Waals surface area contributed by atoms with Crippen LogP contribution in [0.15, 0.2) is 18.2 Å². The number of likely N-dealkylation sites (N-methyl/N-ethyl adjacent to an activating group) is 1. The highest BCUT2D eigenvalue weighted by atomic mass is 16.1. The molecule has 0 aromatic heterocycles. The number of carbonyl (C=O) groups excluding carboxylic acids is 1. The van der Waals surface area contributed by atoms with Gasteiger partial charge in [0, 0.05) is 25.0 Å². The van der Waals surface area contributed by atoms with Crippen LogP contribution in [-0.2, 0) is 11.2 Å². The van der Waals surface area contributed by atoms with Crippen molar-refractivity contribution in [2.45, 2.75) is 19.8 Å². The summed E-state index contributed by atoms with van der Waals surface area (Å²) in [4.78, 5) is 13.5. The summed E-state index contributed by atoms with van der Waals surface area (Å²) in [7, 11) is 1.62. The summed E-state index contributed by atoms with van der Waals surface area (Å²) >= 11 is 0. The number of hydrogen-bond acceptors (Lipinski definition) is 4. The average Bonchev–Trinajstić information content (AvgIpc) is 2.41. The van der Waals surface area contributed by atoms with Gasteiger partial charge in [-0.2, -0.15) is 5.26 Å². The molecule has 0 atom stereocenters. The summed E-state index contributed by atoms with van der Waals surface area (Å²) in [5.74, 6) is -0.0351. The molecular weight excluding hydrogens is 240 g/mol. The maximum atomic E-state index is 11.5. The molecule has 0 aliphatic rings. The molecule has 0 bridgehead atoms. The molecule has 5 nitrogen and oxygen atoms in total. The van der Waals surface area contributed by atoms with Crippen LogP contribution < -0.4 is 16.0 Å². The van der Waals surface area contributed by atoms with Crippen LogP contribution in [0, 0.1) is 11.3 Å². The largest absolute Gasteiger partial charge is 0.398 e. The van der Waals surface area contributed by atoms with Crippen molar-refractivity contribution in [2.75, 3.05) is 30.8 Å². The molecule has 0 unspecified atom stereocenters. The number of nitriles is 1. The van der Waals surface area contributed by atoms with Crippen molar-refractivity contribution in [3.63, 3.8) is 0 Å². The topological polar surface area (TPSA) is 82.2 Å². The van der Waals surface area contributed by atoms with Crippen LogP contribution in [0.4, 0.5) is 11.4 Å². The summed E-state index contributed by atoms with van der Waals surface area (Å²) in [6.45, 7) is 3.15. The van der Waals surface area contributed by atoms with E-state index in [1.54, 1.807) is 13.1 Å². The Bertz CT molecular complexity index is 479. The van der Waals surface area contributed by atoms with E-state index in [1.807, 2.05) is 17.0 Å². The van der Waals surface area contributed by atoms with Crippen LogP contribution in [0.5, 0.6) is 0 Å². The van der Waals surface area contributed by atoms with E-state index in [9.17, 15) is 4.79 Å². The molecule has 1 aromatic carbocycles. The van der Waals surface area contributed by atoms with Gasteiger partial charge in [-0.1, -0.05) is 6.92 Å². The van der Waals surface area contributed by atoms with E-state index in [0.29, 0.717) is 12.2 Å². The second-order valence-electron chi connectivity index (χ2n) is 4.31. The molecule has 1 rings (SSSR count). The molecule has 0 aliphatic heterocycles. The van der Waals surface area contributed by atoms with E-state index in [2.05, 4.69) is 18.3 Å². The lowest BCUT2D eigenvalue weighted by Crippen LogP contribution is -2.36. The van der Waals surface area contributed by atoms with Gasteiger partial charge in [0.2, 0.25) is 5.91 Å². The molecule has 0 saturated carbocycles. The lowest BCUT2D eigenvalue weighted by Gasteiger charge is -2.24. The molecule has 3 N–H and O–H groups in total. The fraction of sp³-hybridized carbons (Fsp3) is 0.429. The second-order valence-corrected chi connectivity index (χ2v) is 4.31. The van der Waals surface area contributed by atoms with Crippen LogP contribution in [0.3, 0.4) is 0 Å². The molecule has 1 amide bonds. The van der Waals surface area contributed by atoms with Gasteiger partial charge in [-0.25, -0.2) is 0 Å². The van der Waals surface area contributed by atoms with Gasteiger partial charge in [0.1, 0.15) is 0 Å². The number of nitrogens with zero attached hydrogens (tertiary/aromatic N) is 2. The number of amides is 1. The van der Waals surface area contributed by atoms with Gasteiger partial charge in [-0.15, -0.1) is 0 Å². The molecule has 19 heavy (non-hydrogen) atoms. The van der Waals surface area contributed by atoms with E-state index >= 15 is 0 Å². The minimum Gasteiger partial charge on any atom is -0.398 e. The summed E-state index contributed by atoms with van der Waals surface area (Å²) < 4.78 is 0. The van der Waals surface area contributed by atoms with Crippen molar-refractivity contribution in [3.05, 3.63) is 23.8 Å². The van der Waals surface area contributed by atoms with Crippen LogP contribution in [0.2, 0.25) is 0 Å². The third kappa shape index (κ3) is 4.18. The number of rotatable bonds is 6. The predicted molar refractivity (Wildman–Crippen MR) is 76.7 cm³/mol. The van der Waals surface area contributed by atoms with Crippen molar-refractivity contribution in [3.8, 4) is 6.07 Å². The summed E-state index contributed by atoms with van der Waals surface area (Å²) in [5, 5.41) is 11.4. The Labute approximate surface area is 114 Å². The quantitative estimate of drug-likeness (QED) is 0.755. The van der Waals surface area contributed by atoms with E-state index < -0.39 is 0 Å². The summed E-state index contributed by atoms with van der Waals surface area (Å²) in [6.07, 6.45) is 1.22. The third-order valence-corrected chi connectivity index (χ3v) is 2.87. The van der Waals surface area contributed by atoms with Gasteiger partial charge < -0.3 is 16.0 Å². The van der Waals surface area contributed by atoms with Gasteiger partial charge >= 0.3 is 0 Å². The molecule has 5 heteroatoms. The SMILES string of the molecule is CCCN(CC(=O)NC)c1ccc(N)c(CC#N)c1. The molecule has 0 radical (unpaired) electrons. The normalized spacial score (nSPS) is 9.74. The highest BCUT2D eigenvalue weighted by Crippen LogP contribution is 2.22. The second kappa shape index (κ2) is 7.27. The average molecular weight is 260 g/mol. The van der Waals surface area contributed by atoms with Crippen molar-refractivity contribution in [1.29, 1.82) is 5.26 Å². The number of anilines is 2. The molecule has 0 spiro atoms. The summed E-state index contributed by atoms with van der Waals surface area (Å²) in [5.41, 5.74) is 8.17. The Kier molecular flexibility index (Phi) is 5.68. The first-order valence-electron chi connectivity index (χ1n) is 6.33. The molecular formula is C14H20N4O. The Morgan fingerprint density at radius 3 is 2.84 bits per heavy atom. The molecule has 102 valence electrons. The first-order valence-corrected chi connectivity index (χ1v) is 6.33. The molecule has 1 aromatic rings. The van der Waals surface area contributed by atoms with Crippen LogP contribution >= 0.6 is 0 Å². The fourth-order valence-corrected chi connectivity index (χ4v) is 1.85. The van der Waals surface area contributed by atoms with Crippen molar-refractivity contribution < 1.29 is 4.79 Å². The lowest BCUT2D eigenvalue weighted by molar-refractivity contribution is -0.119. The number of carbonyl (C=O) groups is 1. The Morgan fingerprint density at radius 1 is 1.53 bits per heavy atom. The lowest BCUT2D eigenvalue weighted by atomic mass is 10.1. The maximum Gasteiger partial charge on any atom is 0.239 e. The van der Waals surface area contributed by atoms with E-state index in [1.165, 1.54) is 0 Å². The van der Waals surface area contributed by atoms with E-state index in [0.717, 1.165) is 24.2 Å². The molecule has 0 heterocycles. The molecule has 0 saturated heterocycles. The molecule has 0 fully saturated rings. The smallest absolute Gasteiger partial charge is 0.239 e. The predicted octanol–water partition coefficient (Wildman–Crippen LogP) is 1.30. The van der Waals surface area contributed by atoms with Crippen LogP contribution in [0.25, 0.3) is 0 Å². The van der Waals surface area contributed by atoms with Gasteiger partial charge in [0.25, 0.3) is 0 Å². The number of nitrogens with one attached hydrogen (secondary N) is 1. The summed E-state index contributed by atoms with van der Waals surface area (Å²) in [6, 6.07) is 7.65. The molecule has 0 aliphatic carbocycles.